The monoisotopic (exact) mass is 801 g/mol. The van der Waals surface area contributed by atoms with Gasteiger partial charge in [0.25, 0.3) is 0 Å². The van der Waals surface area contributed by atoms with Crippen LogP contribution in [-0.4, -0.2) is 96.0 Å². The molecule has 4 atom stereocenters. The first-order valence-electron chi connectivity index (χ1n) is 19.8. The second-order valence-electron chi connectivity index (χ2n) is 14.8. The lowest BCUT2D eigenvalue weighted by Gasteiger charge is -2.27. The van der Waals surface area contributed by atoms with Gasteiger partial charge in [-0.3, -0.25) is 14.6 Å². The maximum absolute atomic E-state index is 13.5. The third-order valence-corrected chi connectivity index (χ3v) is 12.6. The molecule has 0 aliphatic carbocycles. The summed E-state index contributed by atoms with van der Waals surface area (Å²) < 4.78 is 2.04. The molecule has 3 aromatic heterocycles. The topological polar surface area (TPSA) is 194 Å². The van der Waals surface area contributed by atoms with Crippen LogP contribution in [-0.2, 0) is 22.6 Å². The van der Waals surface area contributed by atoms with Crippen LogP contribution in [0.15, 0.2) is 53.8 Å². The molecule has 2 saturated heterocycles. The van der Waals surface area contributed by atoms with Crippen LogP contribution in [0.3, 0.4) is 0 Å². The zero-order valence-corrected chi connectivity index (χ0v) is 33.1. The fraction of sp³-hybridized carbons (Fsp3) is 0.513. The maximum atomic E-state index is 13.5. The Morgan fingerprint density at radius 3 is 2.68 bits per heavy atom. The maximum Gasteiger partial charge on any atom is 0.326 e. The first kappa shape index (κ1) is 39.3. The van der Waals surface area contributed by atoms with Crippen molar-refractivity contribution in [2.45, 2.75) is 101 Å². The number of aromatic amines is 2. The SMILES string of the molecule is O=C1NC2CSC(CCCCC(=O)N(CCCCCn3ccc(=S)[nH]c3=O)CCCC[C@H]3Nc4ncnc(NCCc5c[nH]c6ccccc56)c4NC3=O)C2N1. The van der Waals surface area contributed by atoms with Crippen LogP contribution in [0.4, 0.5) is 22.1 Å². The number of H-pyrrole nitrogens is 2. The number of nitrogens with zero attached hydrogens (tertiary/aromatic N) is 4. The number of nitrogens with one attached hydrogen (secondary N) is 7. The number of aromatic nitrogens is 5. The first-order chi connectivity index (χ1) is 27.3. The van der Waals surface area contributed by atoms with Gasteiger partial charge in [-0.05, 0) is 75.5 Å². The summed E-state index contributed by atoms with van der Waals surface area (Å²) in [4.78, 5) is 67.5. The predicted octanol–water partition coefficient (Wildman–Crippen LogP) is 5.16. The van der Waals surface area contributed by atoms with Crippen molar-refractivity contribution in [2.75, 3.05) is 41.3 Å². The van der Waals surface area contributed by atoms with Crippen LogP contribution in [0.2, 0.25) is 0 Å². The van der Waals surface area contributed by atoms with E-state index < -0.39 is 6.04 Å². The quantitative estimate of drug-likeness (QED) is 0.0357. The molecule has 6 heterocycles. The van der Waals surface area contributed by atoms with Crippen LogP contribution in [0.1, 0.15) is 69.8 Å². The fourth-order valence-corrected chi connectivity index (χ4v) is 9.55. The fourth-order valence-electron chi connectivity index (χ4n) is 7.86. The third kappa shape index (κ3) is 9.90. The summed E-state index contributed by atoms with van der Waals surface area (Å²) in [6, 6.07) is 9.77. The van der Waals surface area contributed by atoms with E-state index in [9.17, 15) is 19.2 Å². The van der Waals surface area contributed by atoms with E-state index in [1.807, 2.05) is 35.0 Å². The lowest BCUT2D eigenvalue weighted by atomic mass is 10.0. The molecule has 3 unspecified atom stereocenters. The Hall–Kier alpha value is -4.90. The van der Waals surface area contributed by atoms with Crippen molar-refractivity contribution in [2.24, 2.45) is 0 Å². The molecule has 3 aliphatic heterocycles. The van der Waals surface area contributed by atoms with E-state index in [2.05, 4.69) is 58.7 Å². The van der Waals surface area contributed by atoms with Crippen molar-refractivity contribution in [1.29, 1.82) is 0 Å². The van der Waals surface area contributed by atoms with Crippen LogP contribution < -0.4 is 32.3 Å². The number of benzene rings is 1. The molecule has 0 spiro atoms. The van der Waals surface area contributed by atoms with Gasteiger partial charge in [-0.25, -0.2) is 19.6 Å². The molecule has 0 bridgehead atoms. The summed E-state index contributed by atoms with van der Waals surface area (Å²) in [5.41, 5.74) is 2.66. The first-order valence-corrected chi connectivity index (χ1v) is 21.3. The average molecular weight is 802 g/mol. The molecule has 17 heteroatoms. The smallest absolute Gasteiger partial charge is 0.326 e. The summed E-state index contributed by atoms with van der Waals surface area (Å²) in [7, 11) is 0. The number of hydrogen-bond donors (Lipinski definition) is 7. The minimum absolute atomic E-state index is 0.0788. The van der Waals surface area contributed by atoms with E-state index in [0.29, 0.717) is 66.2 Å². The molecule has 0 saturated carbocycles. The zero-order chi connectivity index (χ0) is 38.9. The summed E-state index contributed by atoms with van der Waals surface area (Å²) in [6.45, 7) is 2.49. The van der Waals surface area contributed by atoms with Gasteiger partial charge in [-0.1, -0.05) is 36.8 Å². The molecule has 7 N–H and O–H groups in total. The Bertz CT molecular complexity index is 2120. The van der Waals surface area contributed by atoms with Gasteiger partial charge in [-0.15, -0.1) is 0 Å². The van der Waals surface area contributed by atoms with Gasteiger partial charge >= 0.3 is 11.7 Å². The van der Waals surface area contributed by atoms with Gasteiger partial charge in [0.05, 0.1) is 12.1 Å². The van der Waals surface area contributed by atoms with Crippen molar-refractivity contribution in [1.82, 2.24) is 40.0 Å². The third-order valence-electron chi connectivity index (χ3n) is 10.9. The van der Waals surface area contributed by atoms with Gasteiger partial charge in [0, 0.05) is 66.9 Å². The molecule has 3 aliphatic rings. The molecular formula is C39H51N11O4S2. The Labute approximate surface area is 335 Å². The number of hydrogen-bond acceptors (Lipinski definition) is 10. The number of rotatable bonds is 20. The van der Waals surface area contributed by atoms with E-state index in [1.165, 1.54) is 17.3 Å². The molecule has 4 aromatic rings. The number of amides is 4. The van der Waals surface area contributed by atoms with E-state index in [0.717, 1.165) is 69.1 Å². The van der Waals surface area contributed by atoms with Crippen molar-refractivity contribution < 1.29 is 14.4 Å². The van der Waals surface area contributed by atoms with E-state index in [4.69, 9.17) is 12.2 Å². The molecule has 56 heavy (non-hydrogen) atoms. The summed E-state index contributed by atoms with van der Waals surface area (Å²) in [5.74, 6) is 2.12. The second kappa shape index (κ2) is 18.8. The minimum Gasteiger partial charge on any atom is -0.368 e. The molecule has 15 nitrogen and oxygen atoms in total. The minimum atomic E-state index is -0.441. The lowest BCUT2D eigenvalue weighted by Crippen LogP contribution is -2.40. The van der Waals surface area contributed by atoms with Crippen molar-refractivity contribution in [3.05, 3.63) is 69.7 Å². The summed E-state index contributed by atoms with van der Waals surface area (Å²) in [5, 5.41) is 17.3. The van der Waals surface area contributed by atoms with Gasteiger partial charge in [0.2, 0.25) is 11.8 Å². The Morgan fingerprint density at radius 2 is 1.80 bits per heavy atom. The number of aryl methyl sites for hydroxylation is 1. The average Bonchev–Trinajstić information content (AvgIpc) is 3.89. The molecule has 298 valence electrons. The van der Waals surface area contributed by atoms with Crippen LogP contribution >= 0.6 is 24.0 Å². The lowest BCUT2D eigenvalue weighted by molar-refractivity contribution is -0.131. The van der Waals surface area contributed by atoms with Gasteiger partial charge < -0.3 is 41.0 Å². The summed E-state index contributed by atoms with van der Waals surface area (Å²) in [6.07, 6.45) is 13.9. The number of para-hydroxylation sites is 1. The highest BCUT2D eigenvalue weighted by Crippen LogP contribution is 2.34. The number of carbonyl (C=O) groups excluding carboxylic acids is 3. The predicted molar refractivity (Wildman–Crippen MR) is 223 cm³/mol. The second-order valence-corrected chi connectivity index (χ2v) is 16.5. The molecular weight excluding hydrogens is 751 g/mol. The number of thioether (sulfide) groups is 1. The Morgan fingerprint density at radius 1 is 0.964 bits per heavy atom. The van der Waals surface area contributed by atoms with Gasteiger partial charge in [0.1, 0.15) is 22.7 Å². The number of urea groups is 1. The van der Waals surface area contributed by atoms with E-state index >= 15 is 0 Å². The number of anilines is 3. The number of fused-ring (bicyclic) bond motifs is 3. The molecule has 2 fully saturated rings. The van der Waals surface area contributed by atoms with Crippen molar-refractivity contribution in [3.8, 4) is 0 Å². The highest BCUT2D eigenvalue weighted by Gasteiger charge is 2.42. The van der Waals surface area contributed by atoms with Crippen LogP contribution in [0.5, 0.6) is 0 Å². The van der Waals surface area contributed by atoms with Crippen LogP contribution in [0.25, 0.3) is 10.9 Å². The summed E-state index contributed by atoms with van der Waals surface area (Å²) >= 11 is 6.93. The highest BCUT2D eigenvalue weighted by atomic mass is 32.2. The Balaban J connectivity index is 0.867. The standard InChI is InChI=1S/C39H51N11O4S2/c51-32(14-5-4-13-30-33-29(23-56-30)45-38(53)48-33)49(18-7-1-8-20-50-21-16-31(55)46-39(50)54)19-9-6-12-28-37(52)47-34-35(42-24-43-36(34)44-28)40-17-15-25-22-41-27-11-3-2-10-26(25)27/h2-3,10-11,16,21-22,24,28-30,33,41H,1,4-9,12-15,17-20,23H2,(H,47,52)(H2,45,48,53)(H,46,54,55)(H2,40,42,43,44)/t28-,29?,30?,33?/m1/s1. The normalized spacial score (nSPS) is 19.8. The van der Waals surface area contributed by atoms with Gasteiger partial charge in [-0.2, -0.15) is 11.8 Å². The Kier molecular flexibility index (Phi) is 13.2. The molecule has 4 amide bonds. The zero-order valence-electron chi connectivity index (χ0n) is 31.5. The highest BCUT2D eigenvalue weighted by molar-refractivity contribution is 8.00. The number of carbonyl (C=O) groups is 3. The van der Waals surface area contributed by atoms with Crippen molar-refractivity contribution >= 4 is 70.1 Å². The van der Waals surface area contributed by atoms with Gasteiger partial charge in [0.15, 0.2) is 11.6 Å². The number of unbranched alkanes of at least 4 members (excludes halogenated alkanes) is 4. The van der Waals surface area contributed by atoms with E-state index in [1.54, 1.807) is 16.8 Å². The molecule has 1 aromatic carbocycles. The van der Waals surface area contributed by atoms with Crippen LogP contribution in [0, 0.1) is 4.64 Å². The van der Waals surface area contributed by atoms with Crippen molar-refractivity contribution in [3.63, 3.8) is 0 Å². The largest absolute Gasteiger partial charge is 0.368 e. The molecule has 7 rings (SSSR count). The molecule has 0 radical (unpaired) electrons. The van der Waals surface area contributed by atoms with E-state index in [-0.39, 0.29) is 35.6 Å².